The van der Waals surface area contributed by atoms with Gasteiger partial charge < -0.3 is 13.9 Å². The van der Waals surface area contributed by atoms with Gasteiger partial charge in [0.1, 0.15) is 17.8 Å². The van der Waals surface area contributed by atoms with E-state index in [4.69, 9.17) is 13.9 Å². The van der Waals surface area contributed by atoms with Crippen molar-refractivity contribution in [2.24, 2.45) is 0 Å². The maximum absolute atomic E-state index is 13.9. The predicted molar refractivity (Wildman–Crippen MR) is 64.3 cm³/mol. The molecule has 0 aliphatic heterocycles. The average Bonchev–Trinajstić information content (AvgIpc) is 2.36. The molecule has 2 rings (SSSR count). The van der Waals surface area contributed by atoms with Crippen molar-refractivity contribution >= 4 is 10.8 Å². The van der Waals surface area contributed by atoms with Crippen molar-refractivity contribution in [2.45, 2.75) is 13.5 Å². The van der Waals surface area contributed by atoms with Crippen LogP contribution in [0.3, 0.4) is 0 Å². The number of ether oxygens (including phenoxy) is 2. The highest BCUT2D eigenvalue weighted by molar-refractivity contribution is 5.83. The molecule has 0 radical (unpaired) electrons. The van der Waals surface area contributed by atoms with E-state index in [1.807, 2.05) is 6.92 Å². The van der Waals surface area contributed by atoms with Crippen molar-refractivity contribution in [1.29, 1.82) is 0 Å². The lowest BCUT2D eigenvalue weighted by molar-refractivity contribution is 0.116. The Kier molecular flexibility index (Phi) is 3.62. The van der Waals surface area contributed by atoms with E-state index in [1.165, 1.54) is 13.2 Å². The normalized spacial score (nSPS) is 10.8. The highest BCUT2D eigenvalue weighted by atomic mass is 19.1. The first kappa shape index (κ1) is 12.6. The Balaban J connectivity index is 2.58. The lowest BCUT2D eigenvalue weighted by atomic mass is 10.1. The van der Waals surface area contributed by atoms with Crippen LogP contribution in [0.4, 0.5) is 4.39 Å². The zero-order valence-corrected chi connectivity index (χ0v) is 10.2. The second-order valence-corrected chi connectivity index (χ2v) is 3.68. The third kappa shape index (κ3) is 2.22. The Morgan fingerprint density at radius 2 is 2.17 bits per heavy atom. The first-order chi connectivity index (χ1) is 8.67. The van der Waals surface area contributed by atoms with Crippen molar-refractivity contribution in [3.63, 3.8) is 0 Å². The standard InChI is InChI=1S/C13H13FO4/c1-3-17-7-9-6-8-4-5-10(16-2)12(14)11(8)13(15)18-9/h4-6H,3,7H2,1-2H3. The summed E-state index contributed by atoms with van der Waals surface area (Å²) in [6.07, 6.45) is 0. The lowest BCUT2D eigenvalue weighted by Crippen LogP contribution is -2.06. The summed E-state index contributed by atoms with van der Waals surface area (Å²) in [7, 11) is 1.34. The Labute approximate surface area is 103 Å². The van der Waals surface area contributed by atoms with E-state index in [1.54, 1.807) is 12.1 Å². The first-order valence-electron chi connectivity index (χ1n) is 5.54. The third-order valence-electron chi connectivity index (χ3n) is 2.55. The minimum Gasteiger partial charge on any atom is -0.494 e. The molecule has 0 fully saturated rings. The van der Waals surface area contributed by atoms with Crippen molar-refractivity contribution in [2.75, 3.05) is 13.7 Å². The van der Waals surface area contributed by atoms with Gasteiger partial charge in [0.15, 0.2) is 11.6 Å². The van der Waals surface area contributed by atoms with Crippen molar-refractivity contribution in [1.82, 2.24) is 0 Å². The molecule has 0 bridgehead atoms. The average molecular weight is 252 g/mol. The summed E-state index contributed by atoms with van der Waals surface area (Å²) in [5.74, 6) is -0.307. The number of halogens is 1. The van der Waals surface area contributed by atoms with E-state index in [9.17, 15) is 9.18 Å². The Hall–Kier alpha value is -1.88. The minimum atomic E-state index is -0.724. The second kappa shape index (κ2) is 5.18. The van der Waals surface area contributed by atoms with Gasteiger partial charge in [0.05, 0.1) is 7.11 Å². The zero-order chi connectivity index (χ0) is 13.1. The van der Waals surface area contributed by atoms with Crippen LogP contribution in [0.2, 0.25) is 0 Å². The summed E-state index contributed by atoms with van der Waals surface area (Å²) in [6.45, 7) is 2.54. The van der Waals surface area contributed by atoms with Crippen molar-refractivity contribution in [3.05, 3.63) is 40.2 Å². The highest BCUT2D eigenvalue weighted by Crippen LogP contribution is 2.24. The maximum atomic E-state index is 13.9. The molecule has 0 amide bonds. The Bertz CT molecular complexity index is 618. The van der Waals surface area contributed by atoms with Crippen LogP contribution in [0.5, 0.6) is 5.75 Å². The highest BCUT2D eigenvalue weighted by Gasteiger charge is 2.13. The molecule has 5 heteroatoms. The van der Waals surface area contributed by atoms with Gasteiger partial charge in [-0.15, -0.1) is 0 Å². The van der Waals surface area contributed by atoms with Crippen LogP contribution in [0.1, 0.15) is 12.7 Å². The van der Waals surface area contributed by atoms with E-state index < -0.39 is 11.4 Å². The maximum Gasteiger partial charge on any atom is 0.347 e. The molecule has 0 aliphatic rings. The topological polar surface area (TPSA) is 48.7 Å². The third-order valence-corrected chi connectivity index (χ3v) is 2.55. The molecule has 1 aromatic carbocycles. The largest absolute Gasteiger partial charge is 0.494 e. The molecule has 0 saturated carbocycles. The molecular weight excluding hydrogens is 239 g/mol. The second-order valence-electron chi connectivity index (χ2n) is 3.68. The lowest BCUT2D eigenvalue weighted by Gasteiger charge is -2.06. The zero-order valence-electron chi connectivity index (χ0n) is 10.2. The number of hydrogen-bond donors (Lipinski definition) is 0. The van der Waals surface area contributed by atoms with Gasteiger partial charge in [-0.05, 0) is 24.4 Å². The predicted octanol–water partition coefficient (Wildman–Crippen LogP) is 2.48. The van der Waals surface area contributed by atoms with Crippen LogP contribution in [-0.2, 0) is 11.3 Å². The van der Waals surface area contributed by atoms with Crippen LogP contribution < -0.4 is 10.4 Å². The van der Waals surface area contributed by atoms with E-state index in [0.717, 1.165) is 0 Å². The Morgan fingerprint density at radius 3 is 2.83 bits per heavy atom. The van der Waals surface area contributed by atoms with Gasteiger partial charge in [-0.1, -0.05) is 6.07 Å². The van der Waals surface area contributed by atoms with Crippen molar-refractivity contribution < 1.29 is 18.3 Å². The summed E-state index contributed by atoms with van der Waals surface area (Å²) in [5, 5.41) is 0.369. The number of hydrogen-bond acceptors (Lipinski definition) is 4. The fourth-order valence-electron chi connectivity index (χ4n) is 1.70. The van der Waals surface area contributed by atoms with E-state index >= 15 is 0 Å². The van der Waals surface area contributed by atoms with E-state index in [2.05, 4.69) is 0 Å². The molecule has 0 aliphatic carbocycles. The summed E-state index contributed by atoms with van der Waals surface area (Å²) >= 11 is 0. The summed E-state index contributed by atoms with van der Waals surface area (Å²) in [4.78, 5) is 11.7. The van der Waals surface area contributed by atoms with Gasteiger partial charge in [0, 0.05) is 6.61 Å². The molecule has 0 unspecified atom stereocenters. The van der Waals surface area contributed by atoms with Gasteiger partial charge >= 0.3 is 5.63 Å². The van der Waals surface area contributed by atoms with Gasteiger partial charge in [0.2, 0.25) is 0 Å². The van der Waals surface area contributed by atoms with Crippen molar-refractivity contribution in [3.8, 4) is 5.75 Å². The molecule has 0 saturated heterocycles. The molecule has 0 N–H and O–H groups in total. The number of fused-ring (bicyclic) bond motifs is 1. The van der Waals surface area contributed by atoms with Gasteiger partial charge in [-0.25, -0.2) is 9.18 Å². The fraction of sp³-hybridized carbons (Fsp3) is 0.308. The quantitative estimate of drug-likeness (QED) is 0.838. The monoisotopic (exact) mass is 252 g/mol. The molecule has 4 nitrogen and oxygen atoms in total. The Morgan fingerprint density at radius 1 is 1.39 bits per heavy atom. The fourth-order valence-corrected chi connectivity index (χ4v) is 1.70. The molecule has 18 heavy (non-hydrogen) atoms. The van der Waals surface area contributed by atoms with Crippen LogP contribution >= 0.6 is 0 Å². The molecular formula is C13H13FO4. The van der Waals surface area contributed by atoms with Crippen LogP contribution in [0.25, 0.3) is 10.8 Å². The molecule has 1 aromatic heterocycles. The summed E-state index contributed by atoms with van der Waals surface area (Å²) in [5.41, 5.74) is -0.724. The minimum absolute atomic E-state index is 0.0207. The SMILES string of the molecule is CCOCc1cc2ccc(OC)c(F)c2c(=O)o1. The molecule has 2 aromatic rings. The van der Waals surface area contributed by atoms with Gasteiger partial charge in [-0.3, -0.25) is 0 Å². The molecule has 0 atom stereocenters. The summed E-state index contributed by atoms with van der Waals surface area (Å²) in [6, 6.07) is 4.68. The van der Waals surface area contributed by atoms with Crippen LogP contribution in [0, 0.1) is 5.82 Å². The van der Waals surface area contributed by atoms with Crippen LogP contribution in [0.15, 0.2) is 27.4 Å². The number of benzene rings is 1. The number of rotatable bonds is 4. The number of methoxy groups -OCH3 is 1. The summed E-state index contributed by atoms with van der Waals surface area (Å²) < 4.78 is 28.9. The molecule has 0 spiro atoms. The molecule has 1 heterocycles. The van der Waals surface area contributed by atoms with E-state index in [0.29, 0.717) is 17.8 Å². The first-order valence-corrected chi connectivity index (χ1v) is 5.54. The van der Waals surface area contributed by atoms with Crippen LogP contribution in [-0.4, -0.2) is 13.7 Å². The molecule has 96 valence electrons. The van der Waals surface area contributed by atoms with Gasteiger partial charge in [0.25, 0.3) is 0 Å². The smallest absolute Gasteiger partial charge is 0.347 e. The van der Waals surface area contributed by atoms with E-state index in [-0.39, 0.29) is 17.7 Å². The van der Waals surface area contributed by atoms with Gasteiger partial charge in [-0.2, -0.15) is 0 Å².